The van der Waals surface area contributed by atoms with E-state index >= 15 is 0 Å². The molecule has 2 aliphatic rings. The van der Waals surface area contributed by atoms with Gasteiger partial charge in [-0.1, -0.05) is 24.3 Å². The average molecular weight is 432 g/mol. The van der Waals surface area contributed by atoms with E-state index in [2.05, 4.69) is 0 Å². The second-order valence-electron chi connectivity index (χ2n) is 7.83. The first-order chi connectivity index (χ1) is 14.3. The molecule has 0 amide bonds. The molecule has 2 aromatic carbocycles. The van der Waals surface area contributed by atoms with E-state index in [-0.39, 0.29) is 22.6 Å². The number of aromatic hydroxyl groups is 2. The maximum atomic E-state index is 13.2. The number of rotatable bonds is 2. The van der Waals surface area contributed by atoms with Crippen molar-refractivity contribution >= 4 is 5.78 Å². The van der Waals surface area contributed by atoms with Gasteiger partial charge in [0, 0.05) is 17.2 Å². The van der Waals surface area contributed by atoms with E-state index in [0.717, 1.165) is 0 Å². The minimum atomic E-state index is -3.38. The summed E-state index contributed by atoms with van der Waals surface area (Å²) in [7, 11) is 0. The Morgan fingerprint density at radius 1 is 0.774 bits per heavy atom. The molecule has 1 fully saturated rings. The van der Waals surface area contributed by atoms with Crippen LogP contribution in [0.25, 0.3) is 0 Å². The molecular weight excluding hydrogens is 412 g/mol. The highest BCUT2D eigenvalue weighted by Gasteiger charge is 2.70. The monoisotopic (exact) mass is 432 g/mol. The number of carbonyl (C=O) groups is 1. The summed E-state index contributed by atoms with van der Waals surface area (Å²) in [6, 6.07) is 9.79. The predicted molar refractivity (Wildman–Crippen MR) is 101 cm³/mol. The molecular formula is C21H20O10. The van der Waals surface area contributed by atoms with Crippen molar-refractivity contribution in [3.05, 3.63) is 71.5 Å². The van der Waals surface area contributed by atoms with Gasteiger partial charge in [-0.15, -0.1) is 0 Å². The van der Waals surface area contributed by atoms with Crippen LogP contribution in [0.3, 0.4) is 0 Å². The van der Waals surface area contributed by atoms with E-state index in [0.29, 0.717) is 6.08 Å². The summed E-state index contributed by atoms with van der Waals surface area (Å²) in [6.45, 7) is 0. The van der Waals surface area contributed by atoms with Crippen molar-refractivity contribution < 1.29 is 50.4 Å². The number of phenols is 2. The number of ketones is 1. The van der Waals surface area contributed by atoms with Gasteiger partial charge < -0.3 is 45.6 Å². The lowest BCUT2D eigenvalue weighted by Crippen LogP contribution is -2.69. The van der Waals surface area contributed by atoms with Gasteiger partial charge in [0.2, 0.25) is 11.4 Å². The Balaban J connectivity index is 2.03. The summed E-state index contributed by atoms with van der Waals surface area (Å²) in [6.07, 6.45) is -0.421. The van der Waals surface area contributed by atoms with Crippen molar-refractivity contribution in [1.82, 2.24) is 0 Å². The predicted octanol–water partition coefficient (Wildman–Crippen LogP) is -1.11. The van der Waals surface area contributed by atoms with Gasteiger partial charge in [0.15, 0.2) is 11.6 Å². The number of aliphatic hydroxyl groups is 6. The Hall–Kier alpha value is -2.99. The highest BCUT2D eigenvalue weighted by Crippen LogP contribution is 2.54. The molecule has 4 rings (SSSR count). The Morgan fingerprint density at radius 2 is 1.23 bits per heavy atom. The third-order valence-electron chi connectivity index (χ3n) is 5.56. The maximum absolute atomic E-state index is 13.2. The molecule has 1 unspecified atom stereocenters. The zero-order valence-corrected chi connectivity index (χ0v) is 15.9. The molecule has 0 aromatic heterocycles. The van der Waals surface area contributed by atoms with Gasteiger partial charge in [0.25, 0.3) is 5.79 Å². The molecule has 0 radical (unpaired) electrons. The zero-order chi connectivity index (χ0) is 22.8. The molecule has 0 spiro atoms. The fourth-order valence-electron chi connectivity index (χ4n) is 4.20. The van der Waals surface area contributed by atoms with Crippen molar-refractivity contribution in [2.75, 3.05) is 0 Å². The Kier molecular flexibility index (Phi) is 4.46. The van der Waals surface area contributed by atoms with E-state index in [1.54, 1.807) is 0 Å². The van der Waals surface area contributed by atoms with E-state index in [4.69, 9.17) is 4.74 Å². The first kappa shape index (κ1) is 21.2. The number of fused-ring (bicyclic) bond motifs is 1. The second kappa shape index (κ2) is 6.50. The molecule has 1 atom stereocenters. The number of ether oxygens (including phenoxy) is 1. The highest BCUT2D eigenvalue weighted by atomic mass is 16.6. The fourth-order valence-corrected chi connectivity index (χ4v) is 4.20. The lowest BCUT2D eigenvalue weighted by Gasteiger charge is -2.53. The molecule has 1 aliphatic heterocycles. The van der Waals surface area contributed by atoms with Crippen LogP contribution in [0.2, 0.25) is 0 Å². The fraction of sp³-hybridized carbons (Fsp3) is 0.286. The Bertz CT molecular complexity index is 1010. The van der Waals surface area contributed by atoms with Crippen molar-refractivity contribution in [3.8, 4) is 11.5 Å². The molecule has 1 aliphatic carbocycles. The lowest BCUT2D eigenvalue weighted by molar-refractivity contribution is -0.314. The van der Waals surface area contributed by atoms with Crippen LogP contribution in [-0.2, 0) is 15.1 Å². The summed E-state index contributed by atoms with van der Waals surface area (Å²) >= 11 is 0. The highest BCUT2D eigenvalue weighted by molar-refractivity contribution is 5.94. The number of hydrogen-bond donors (Lipinski definition) is 8. The minimum absolute atomic E-state index is 0.0396. The first-order valence-corrected chi connectivity index (χ1v) is 9.19. The first-order valence-electron chi connectivity index (χ1n) is 9.19. The van der Waals surface area contributed by atoms with Crippen LogP contribution in [0.5, 0.6) is 11.5 Å². The molecule has 31 heavy (non-hydrogen) atoms. The number of carbonyl (C=O) groups excluding carboxylic acids is 1. The van der Waals surface area contributed by atoms with Crippen molar-refractivity contribution in [1.29, 1.82) is 0 Å². The van der Waals surface area contributed by atoms with Gasteiger partial charge in [0.05, 0.1) is 6.42 Å². The van der Waals surface area contributed by atoms with Gasteiger partial charge in [-0.3, -0.25) is 4.79 Å². The number of hydrogen-bond acceptors (Lipinski definition) is 10. The van der Waals surface area contributed by atoms with Crippen LogP contribution in [0.4, 0.5) is 0 Å². The van der Waals surface area contributed by atoms with Crippen molar-refractivity contribution in [3.63, 3.8) is 0 Å². The topological polar surface area (TPSA) is 188 Å². The molecule has 1 heterocycles. The van der Waals surface area contributed by atoms with Crippen LogP contribution in [0.15, 0.2) is 60.4 Å². The SMILES string of the molecule is O=C1C2C(=CC(O)(O)CC2(O)O)OC(c2ccc(O)cc2)(c2ccc(O)cc2)C1(O)O. The lowest BCUT2D eigenvalue weighted by atomic mass is 9.68. The van der Waals surface area contributed by atoms with Crippen LogP contribution < -0.4 is 0 Å². The smallest absolute Gasteiger partial charge is 0.275 e. The van der Waals surface area contributed by atoms with Crippen LogP contribution in [-0.4, -0.2) is 64.0 Å². The molecule has 0 bridgehead atoms. The van der Waals surface area contributed by atoms with Gasteiger partial charge in [-0.2, -0.15) is 0 Å². The third-order valence-corrected chi connectivity index (χ3v) is 5.56. The normalized spacial score (nSPS) is 25.2. The number of Topliss-reactive ketones (excluding diaryl/α,β-unsaturated/α-hetero) is 1. The van der Waals surface area contributed by atoms with Gasteiger partial charge >= 0.3 is 0 Å². The largest absolute Gasteiger partial charge is 0.508 e. The summed E-state index contributed by atoms with van der Waals surface area (Å²) in [5, 5.41) is 82.1. The molecule has 10 heteroatoms. The van der Waals surface area contributed by atoms with Crippen LogP contribution in [0, 0.1) is 5.92 Å². The quantitative estimate of drug-likeness (QED) is 0.270. The molecule has 1 saturated heterocycles. The van der Waals surface area contributed by atoms with E-state index in [9.17, 15) is 45.6 Å². The summed E-state index contributed by atoms with van der Waals surface area (Å²) < 4.78 is 5.82. The van der Waals surface area contributed by atoms with Crippen molar-refractivity contribution in [2.45, 2.75) is 29.4 Å². The average Bonchev–Trinajstić information content (AvgIpc) is 2.64. The number of benzene rings is 2. The van der Waals surface area contributed by atoms with E-state index in [1.807, 2.05) is 0 Å². The third kappa shape index (κ3) is 3.08. The Labute approximate surface area is 175 Å². The Morgan fingerprint density at radius 3 is 1.68 bits per heavy atom. The van der Waals surface area contributed by atoms with Gasteiger partial charge in [-0.25, -0.2) is 0 Å². The molecule has 0 saturated carbocycles. The van der Waals surface area contributed by atoms with Crippen molar-refractivity contribution in [2.24, 2.45) is 5.92 Å². The van der Waals surface area contributed by atoms with Gasteiger partial charge in [0.1, 0.15) is 23.2 Å². The molecule has 10 nitrogen and oxygen atoms in total. The van der Waals surface area contributed by atoms with Crippen LogP contribution in [0.1, 0.15) is 17.5 Å². The maximum Gasteiger partial charge on any atom is 0.275 e. The molecule has 2 aromatic rings. The standard InChI is InChI=1S/C21H20O10/c22-13-5-1-11(2-6-13)20(12-3-7-14(23)8-4-12)21(29,30)17(24)16-15(31-20)9-18(25,26)10-19(16,27)28/h1-9,16,22-23,25-30H,10H2. The molecule has 8 N–H and O–H groups in total. The zero-order valence-electron chi connectivity index (χ0n) is 15.9. The number of phenolic OH excluding ortho intramolecular Hbond substituents is 2. The van der Waals surface area contributed by atoms with Crippen LogP contribution >= 0.6 is 0 Å². The molecule has 164 valence electrons. The summed E-state index contributed by atoms with van der Waals surface area (Å²) in [5.41, 5.74) is -2.51. The second-order valence-corrected chi connectivity index (χ2v) is 7.83. The summed E-state index contributed by atoms with van der Waals surface area (Å²) in [4.78, 5) is 13.2. The van der Waals surface area contributed by atoms with E-state index < -0.39 is 46.8 Å². The minimum Gasteiger partial charge on any atom is -0.508 e. The van der Waals surface area contributed by atoms with E-state index in [1.165, 1.54) is 48.5 Å². The van der Waals surface area contributed by atoms with Gasteiger partial charge in [-0.05, 0) is 24.3 Å². The summed E-state index contributed by atoms with van der Waals surface area (Å²) in [5.74, 6) is -13.6.